The molecule has 2 aromatic heterocycles. The van der Waals surface area contributed by atoms with E-state index in [4.69, 9.17) is 0 Å². The van der Waals surface area contributed by atoms with Crippen LogP contribution in [0.1, 0.15) is 6.92 Å². The lowest BCUT2D eigenvalue weighted by atomic mass is 10.4. The number of aromatic nitrogens is 4. The van der Waals surface area contributed by atoms with Crippen LogP contribution in [0.3, 0.4) is 0 Å². The molecule has 2 heterocycles. The molecule has 0 aliphatic carbocycles. The first-order valence-corrected chi connectivity index (χ1v) is 6.86. The van der Waals surface area contributed by atoms with E-state index >= 15 is 0 Å². The summed E-state index contributed by atoms with van der Waals surface area (Å²) in [6, 6.07) is 1.89. The lowest BCUT2D eigenvalue weighted by Gasteiger charge is -2.08. The molecular weight excluding hydrogens is 248 g/mol. The lowest BCUT2D eigenvalue weighted by Crippen LogP contribution is -2.03. The van der Waals surface area contributed by atoms with E-state index < -0.39 is 0 Å². The van der Waals surface area contributed by atoms with Gasteiger partial charge in [0, 0.05) is 25.9 Å². The second-order valence-corrected chi connectivity index (χ2v) is 4.46. The normalized spacial score (nSPS) is 10.4. The summed E-state index contributed by atoms with van der Waals surface area (Å²) in [6.07, 6.45) is 5.61. The van der Waals surface area contributed by atoms with Crippen molar-refractivity contribution in [2.75, 3.05) is 23.4 Å². The molecule has 0 aromatic carbocycles. The van der Waals surface area contributed by atoms with Gasteiger partial charge in [0.15, 0.2) is 5.16 Å². The minimum absolute atomic E-state index is 0.736. The minimum atomic E-state index is 0.736. The quantitative estimate of drug-likeness (QED) is 0.637. The predicted octanol–water partition coefficient (Wildman–Crippen LogP) is 2.11. The Balaban J connectivity index is 2.23. The summed E-state index contributed by atoms with van der Waals surface area (Å²) in [6.45, 7) is 2.87. The lowest BCUT2D eigenvalue weighted by molar-refractivity contribution is 0.768. The van der Waals surface area contributed by atoms with Crippen LogP contribution in [0.25, 0.3) is 0 Å². The second kappa shape index (κ2) is 5.72. The first kappa shape index (κ1) is 12.7. The SMILES string of the molecule is CCNc1cc(Nc2cnn(C)c2)nc(SC)n1. The molecule has 96 valence electrons. The molecule has 0 saturated carbocycles. The van der Waals surface area contributed by atoms with Crippen LogP contribution in [0, 0.1) is 0 Å². The van der Waals surface area contributed by atoms with Crippen molar-refractivity contribution in [3.63, 3.8) is 0 Å². The number of nitrogens with zero attached hydrogens (tertiary/aromatic N) is 4. The van der Waals surface area contributed by atoms with E-state index in [1.54, 1.807) is 10.9 Å². The first-order valence-electron chi connectivity index (χ1n) is 5.64. The van der Waals surface area contributed by atoms with Gasteiger partial charge in [0.1, 0.15) is 11.6 Å². The highest BCUT2D eigenvalue weighted by atomic mass is 32.2. The minimum Gasteiger partial charge on any atom is -0.370 e. The Hall–Kier alpha value is -1.76. The molecule has 18 heavy (non-hydrogen) atoms. The van der Waals surface area contributed by atoms with E-state index in [0.717, 1.165) is 29.0 Å². The van der Waals surface area contributed by atoms with Gasteiger partial charge in [-0.15, -0.1) is 0 Å². The third-order valence-electron chi connectivity index (χ3n) is 2.22. The molecule has 2 aromatic rings. The van der Waals surface area contributed by atoms with Crippen molar-refractivity contribution in [2.45, 2.75) is 12.1 Å². The van der Waals surface area contributed by atoms with E-state index in [1.807, 2.05) is 32.5 Å². The highest BCUT2D eigenvalue weighted by Crippen LogP contribution is 2.20. The van der Waals surface area contributed by atoms with Gasteiger partial charge in [-0.1, -0.05) is 11.8 Å². The average Bonchev–Trinajstić information content (AvgIpc) is 2.75. The Labute approximate surface area is 110 Å². The van der Waals surface area contributed by atoms with E-state index in [0.29, 0.717) is 0 Å². The zero-order valence-electron chi connectivity index (χ0n) is 10.6. The predicted molar refractivity (Wildman–Crippen MR) is 74.5 cm³/mol. The Bertz CT molecular complexity index is 524. The third kappa shape index (κ3) is 3.13. The molecule has 6 nitrogen and oxygen atoms in total. The van der Waals surface area contributed by atoms with E-state index in [2.05, 4.69) is 25.7 Å². The standard InChI is InChI=1S/C11H16N6S/c1-4-12-9-5-10(16-11(15-9)18-3)14-8-6-13-17(2)7-8/h5-7H,4H2,1-3H3,(H2,12,14,15,16). The molecule has 2 N–H and O–H groups in total. The summed E-state index contributed by atoms with van der Waals surface area (Å²) in [5, 5.41) is 11.2. The molecule has 0 radical (unpaired) electrons. The second-order valence-electron chi connectivity index (χ2n) is 3.68. The van der Waals surface area contributed by atoms with Gasteiger partial charge < -0.3 is 10.6 Å². The molecule has 2 rings (SSSR count). The zero-order valence-corrected chi connectivity index (χ0v) is 11.5. The number of anilines is 3. The summed E-state index contributed by atoms with van der Waals surface area (Å²) in [5.74, 6) is 1.58. The fraction of sp³-hybridized carbons (Fsp3) is 0.364. The number of aryl methyl sites for hydroxylation is 1. The fourth-order valence-corrected chi connectivity index (χ4v) is 1.87. The van der Waals surface area contributed by atoms with Crippen LogP contribution < -0.4 is 10.6 Å². The number of hydrogen-bond donors (Lipinski definition) is 2. The van der Waals surface area contributed by atoms with Gasteiger partial charge in [-0.05, 0) is 13.2 Å². The number of nitrogens with one attached hydrogen (secondary N) is 2. The Kier molecular flexibility index (Phi) is 4.03. The van der Waals surface area contributed by atoms with E-state index in [9.17, 15) is 0 Å². The summed E-state index contributed by atoms with van der Waals surface area (Å²) in [7, 11) is 1.88. The van der Waals surface area contributed by atoms with Crippen molar-refractivity contribution >= 4 is 29.1 Å². The average molecular weight is 264 g/mol. The summed E-state index contributed by atoms with van der Waals surface area (Å²) >= 11 is 1.52. The Morgan fingerprint density at radius 1 is 1.33 bits per heavy atom. The first-order chi connectivity index (χ1) is 8.71. The topological polar surface area (TPSA) is 67.7 Å². The summed E-state index contributed by atoms with van der Waals surface area (Å²) < 4.78 is 1.74. The maximum absolute atomic E-state index is 4.40. The molecule has 0 unspecified atom stereocenters. The van der Waals surface area contributed by atoms with Crippen molar-refractivity contribution in [1.29, 1.82) is 0 Å². The molecule has 0 spiro atoms. The van der Waals surface area contributed by atoms with Gasteiger partial charge in [0.2, 0.25) is 0 Å². The largest absolute Gasteiger partial charge is 0.370 e. The zero-order chi connectivity index (χ0) is 13.0. The van der Waals surface area contributed by atoms with Crippen LogP contribution in [0.5, 0.6) is 0 Å². The van der Waals surface area contributed by atoms with Crippen molar-refractivity contribution in [2.24, 2.45) is 7.05 Å². The molecule has 0 amide bonds. The molecule has 7 heteroatoms. The van der Waals surface area contributed by atoms with Crippen LogP contribution in [-0.2, 0) is 7.05 Å². The number of hydrogen-bond acceptors (Lipinski definition) is 6. The van der Waals surface area contributed by atoms with Gasteiger partial charge in [-0.2, -0.15) is 5.10 Å². The summed E-state index contributed by atoms with van der Waals surface area (Å²) in [4.78, 5) is 8.77. The van der Waals surface area contributed by atoms with Gasteiger partial charge in [0.25, 0.3) is 0 Å². The van der Waals surface area contributed by atoms with Crippen molar-refractivity contribution < 1.29 is 0 Å². The maximum Gasteiger partial charge on any atom is 0.191 e. The van der Waals surface area contributed by atoms with E-state index in [1.165, 1.54) is 11.8 Å². The monoisotopic (exact) mass is 264 g/mol. The van der Waals surface area contributed by atoms with Crippen LogP contribution in [-0.4, -0.2) is 32.5 Å². The maximum atomic E-state index is 4.40. The number of rotatable bonds is 5. The fourth-order valence-electron chi connectivity index (χ4n) is 1.49. The van der Waals surface area contributed by atoms with Gasteiger partial charge >= 0.3 is 0 Å². The van der Waals surface area contributed by atoms with Gasteiger partial charge in [-0.25, -0.2) is 9.97 Å². The van der Waals surface area contributed by atoms with Crippen molar-refractivity contribution in [3.8, 4) is 0 Å². The van der Waals surface area contributed by atoms with Gasteiger partial charge in [0.05, 0.1) is 11.9 Å². The van der Waals surface area contributed by atoms with E-state index in [-0.39, 0.29) is 0 Å². The Morgan fingerprint density at radius 3 is 2.72 bits per heavy atom. The number of thioether (sulfide) groups is 1. The van der Waals surface area contributed by atoms with Crippen molar-refractivity contribution in [1.82, 2.24) is 19.7 Å². The van der Waals surface area contributed by atoms with Gasteiger partial charge in [-0.3, -0.25) is 4.68 Å². The molecule has 0 saturated heterocycles. The molecular formula is C11H16N6S. The van der Waals surface area contributed by atoms with Crippen LogP contribution in [0.4, 0.5) is 17.3 Å². The van der Waals surface area contributed by atoms with Crippen LogP contribution >= 0.6 is 11.8 Å². The molecule has 0 bridgehead atoms. The molecule has 0 aliphatic rings. The summed E-state index contributed by atoms with van der Waals surface area (Å²) in [5.41, 5.74) is 0.908. The highest BCUT2D eigenvalue weighted by Gasteiger charge is 2.04. The smallest absolute Gasteiger partial charge is 0.191 e. The Morgan fingerprint density at radius 2 is 2.11 bits per heavy atom. The highest BCUT2D eigenvalue weighted by molar-refractivity contribution is 7.98. The van der Waals surface area contributed by atoms with Crippen molar-refractivity contribution in [3.05, 3.63) is 18.5 Å². The molecule has 0 aliphatic heterocycles. The van der Waals surface area contributed by atoms with Crippen LogP contribution in [0.2, 0.25) is 0 Å². The molecule has 0 fully saturated rings. The molecule has 0 atom stereocenters. The van der Waals surface area contributed by atoms with Crippen LogP contribution in [0.15, 0.2) is 23.6 Å². The third-order valence-corrected chi connectivity index (χ3v) is 2.77.